The van der Waals surface area contributed by atoms with Crippen LogP contribution in [0.4, 0.5) is 5.82 Å². The molecule has 0 unspecified atom stereocenters. The summed E-state index contributed by atoms with van der Waals surface area (Å²) in [5, 5.41) is 0. The summed E-state index contributed by atoms with van der Waals surface area (Å²) >= 11 is 0. The minimum absolute atomic E-state index is 0.680. The first-order valence-electron chi connectivity index (χ1n) is 5.46. The molecule has 2 heterocycles. The molecule has 0 saturated carbocycles. The topological polar surface area (TPSA) is 29.0 Å². The van der Waals surface area contributed by atoms with Gasteiger partial charge >= 0.3 is 0 Å². The van der Waals surface area contributed by atoms with Gasteiger partial charge in [-0.2, -0.15) is 0 Å². The largest absolute Gasteiger partial charge is 0.355 e. The van der Waals surface area contributed by atoms with Crippen molar-refractivity contribution >= 4 is 5.82 Å². The Morgan fingerprint density at radius 2 is 2.13 bits per heavy atom. The zero-order valence-corrected chi connectivity index (χ0v) is 9.19. The van der Waals surface area contributed by atoms with E-state index >= 15 is 0 Å². The SMILES string of the molecule is C=CC1CCN(c2cncc(C)n2)CC1. The summed E-state index contributed by atoms with van der Waals surface area (Å²) in [6, 6.07) is 0. The predicted molar refractivity (Wildman–Crippen MR) is 61.9 cm³/mol. The Morgan fingerprint density at radius 3 is 2.73 bits per heavy atom. The highest BCUT2D eigenvalue weighted by Gasteiger charge is 2.17. The van der Waals surface area contributed by atoms with E-state index in [1.54, 1.807) is 6.20 Å². The van der Waals surface area contributed by atoms with Gasteiger partial charge in [0.2, 0.25) is 0 Å². The van der Waals surface area contributed by atoms with Gasteiger partial charge in [-0.15, -0.1) is 6.58 Å². The number of anilines is 1. The van der Waals surface area contributed by atoms with Gasteiger partial charge in [-0.3, -0.25) is 4.98 Å². The maximum absolute atomic E-state index is 4.49. The summed E-state index contributed by atoms with van der Waals surface area (Å²) in [5.41, 5.74) is 0.985. The van der Waals surface area contributed by atoms with Crippen molar-refractivity contribution in [2.24, 2.45) is 5.92 Å². The predicted octanol–water partition coefficient (Wildman–Crippen LogP) is 2.19. The number of hydrogen-bond donors (Lipinski definition) is 0. The van der Waals surface area contributed by atoms with Crippen molar-refractivity contribution in [1.29, 1.82) is 0 Å². The summed E-state index contributed by atoms with van der Waals surface area (Å²) in [5.74, 6) is 1.69. The molecule has 1 saturated heterocycles. The Labute approximate surface area is 90.9 Å². The van der Waals surface area contributed by atoms with Gasteiger partial charge in [0.15, 0.2) is 0 Å². The second-order valence-electron chi connectivity index (χ2n) is 4.08. The molecule has 0 radical (unpaired) electrons. The molecule has 0 spiro atoms. The van der Waals surface area contributed by atoms with Gasteiger partial charge in [-0.05, 0) is 25.7 Å². The third kappa shape index (κ3) is 2.35. The standard InChI is InChI=1S/C12H17N3/c1-3-11-4-6-15(7-5-11)12-9-13-8-10(2)14-12/h3,8-9,11H,1,4-7H2,2H3. The fourth-order valence-electron chi connectivity index (χ4n) is 1.97. The van der Waals surface area contributed by atoms with Crippen LogP contribution in [0, 0.1) is 12.8 Å². The lowest BCUT2D eigenvalue weighted by molar-refractivity contribution is 0.476. The van der Waals surface area contributed by atoms with Crippen molar-refractivity contribution in [1.82, 2.24) is 9.97 Å². The molecular formula is C12H17N3. The first-order valence-corrected chi connectivity index (χ1v) is 5.46. The summed E-state index contributed by atoms with van der Waals surface area (Å²) < 4.78 is 0. The van der Waals surface area contributed by atoms with Crippen LogP contribution < -0.4 is 4.90 Å². The Kier molecular flexibility index (Phi) is 2.99. The molecule has 3 nitrogen and oxygen atoms in total. The molecule has 0 N–H and O–H groups in total. The number of rotatable bonds is 2. The van der Waals surface area contributed by atoms with E-state index in [0.29, 0.717) is 5.92 Å². The fraction of sp³-hybridized carbons (Fsp3) is 0.500. The summed E-state index contributed by atoms with van der Waals surface area (Å²) in [7, 11) is 0. The smallest absolute Gasteiger partial charge is 0.147 e. The van der Waals surface area contributed by atoms with Crippen LogP contribution in [-0.2, 0) is 0 Å². The normalized spacial score (nSPS) is 17.8. The molecule has 0 aliphatic carbocycles. The average Bonchev–Trinajstić information content (AvgIpc) is 2.29. The first-order chi connectivity index (χ1) is 7.29. The molecule has 0 amide bonds. The Morgan fingerprint density at radius 1 is 1.40 bits per heavy atom. The van der Waals surface area contributed by atoms with Crippen LogP contribution in [0.2, 0.25) is 0 Å². The van der Waals surface area contributed by atoms with Crippen molar-refractivity contribution in [3.8, 4) is 0 Å². The van der Waals surface area contributed by atoms with Gasteiger partial charge in [0.1, 0.15) is 5.82 Å². The summed E-state index contributed by atoms with van der Waals surface area (Å²) in [6.07, 6.45) is 8.07. The number of aromatic nitrogens is 2. The molecule has 15 heavy (non-hydrogen) atoms. The number of nitrogens with zero attached hydrogens (tertiary/aromatic N) is 3. The van der Waals surface area contributed by atoms with Crippen molar-refractivity contribution in [3.05, 3.63) is 30.7 Å². The van der Waals surface area contributed by atoms with E-state index in [0.717, 1.165) is 24.6 Å². The zero-order valence-electron chi connectivity index (χ0n) is 9.19. The number of aryl methyl sites for hydroxylation is 1. The number of allylic oxidation sites excluding steroid dienone is 1. The van der Waals surface area contributed by atoms with Crippen LogP contribution in [-0.4, -0.2) is 23.1 Å². The van der Waals surface area contributed by atoms with Crippen LogP contribution >= 0.6 is 0 Å². The van der Waals surface area contributed by atoms with E-state index in [1.807, 2.05) is 13.1 Å². The van der Waals surface area contributed by atoms with Crippen molar-refractivity contribution in [3.63, 3.8) is 0 Å². The van der Waals surface area contributed by atoms with Crippen LogP contribution in [0.15, 0.2) is 25.0 Å². The molecule has 1 aliphatic heterocycles. The molecule has 1 fully saturated rings. The second kappa shape index (κ2) is 4.43. The minimum atomic E-state index is 0.680. The molecule has 1 aliphatic rings. The van der Waals surface area contributed by atoms with Gasteiger partial charge < -0.3 is 4.90 Å². The van der Waals surface area contributed by atoms with Gasteiger partial charge in [-0.25, -0.2) is 4.98 Å². The molecule has 2 rings (SSSR count). The maximum atomic E-state index is 4.49. The number of hydrogen-bond acceptors (Lipinski definition) is 3. The third-order valence-corrected chi connectivity index (χ3v) is 2.94. The van der Waals surface area contributed by atoms with Gasteiger partial charge in [0.25, 0.3) is 0 Å². The summed E-state index contributed by atoms with van der Waals surface area (Å²) in [6.45, 7) is 7.96. The summed E-state index contributed by atoms with van der Waals surface area (Å²) in [4.78, 5) is 11.0. The molecule has 0 bridgehead atoms. The third-order valence-electron chi connectivity index (χ3n) is 2.94. The molecule has 1 aromatic heterocycles. The monoisotopic (exact) mass is 203 g/mol. The van der Waals surface area contributed by atoms with Crippen LogP contribution in [0.1, 0.15) is 18.5 Å². The molecule has 80 valence electrons. The highest BCUT2D eigenvalue weighted by atomic mass is 15.2. The highest BCUT2D eigenvalue weighted by molar-refractivity contribution is 5.36. The fourth-order valence-corrected chi connectivity index (χ4v) is 1.97. The Hall–Kier alpha value is -1.38. The van der Waals surface area contributed by atoms with Gasteiger partial charge in [0, 0.05) is 19.3 Å². The highest BCUT2D eigenvalue weighted by Crippen LogP contribution is 2.21. The number of piperidine rings is 1. The van der Waals surface area contributed by atoms with E-state index < -0.39 is 0 Å². The van der Waals surface area contributed by atoms with Crippen molar-refractivity contribution in [2.75, 3.05) is 18.0 Å². The molecule has 0 atom stereocenters. The Bertz CT molecular complexity index is 340. The second-order valence-corrected chi connectivity index (χ2v) is 4.08. The minimum Gasteiger partial charge on any atom is -0.355 e. The van der Waals surface area contributed by atoms with E-state index in [1.165, 1.54) is 12.8 Å². The molecular weight excluding hydrogens is 186 g/mol. The molecule has 1 aromatic rings. The van der Waals surface area contributed by atoms with Crippen LogP contribution in [0.3, 0.4) is 0 Å². The first kappa shape index (κ1) is 10.1. The van der Waals surface area contributed by atoms with E-state index in [9.17, 15) is 0 Å². The Balaban J connectivity index is 2.04. The lowest BCUT2D eigenvalue weighted by atomic mass is 9.97. The van der Waals surface area contributed by atoms with Crippen molar-refractivity contribution < 1.29 is 0 Å². The van der Waals surface area contributed by atoms with Gasteiger partial charge in [-0.1, -0.05) is 6.08 Å². The van der Waals surface area contributed by atoms with E-state index in [-0.39, 0.29) is 0 Å². The van der Waals surface area contributed by atoms with Crippen LogP contribution in [0.25, 0.3) is 0 Å². The van der Waals surface area contributed by atoms with E-state index in [4.69, 9.17) is 0 Å². The molecule has 0 aromatic carbocycles. The van der Waals surface area contributed by atoms with E-state index in [2.05, 4.69) is 27.5 Å². The average molecular weight is 203 g/mol. The zero-order chi connectivity index (χ0) is 10.7. The maximum Gasteiger partial charge on any atom is 0.147 e. The quantitative estimate of drug-likeness (QED) is 0.690. The molecule has 3 heteroatoms. The van der Waals surface area contributed by atoms with Gasteiger partial charge in [0.05, 0.1) is 11.9 Å². The van der Waals surface area contributed by atoms with Crippen molar-refractivity contribution in [2.45, 2.75) is 19.8 Å². The lowest BCUT2D eigenvalue weighted by Crippen LogP contribution is -2.33. The lowest BCUT2D eigenvalue weighted by Gasteiger charge is -2.31. The van der Waals surface area contributed by atoms with Crippen LogP contribution in [0.5, 0.6) is 0 Å².